The van der Waals surface area contributed by atoms with Crippen LogP contribution in [0.15, 0.2) is 18.2 Å². The molecule has 4 rings (SSSR count). The third-order valence-electron chi connectivity index (χ3n) is 4.99. The second-order valence-electron chi connectivity index (χ2n) is 6.73. The van der Waals surface area contributed by atoms with Crippen molar-refractivity contribution in [2.24, 2.45) is 5.92 Å². The van der Waals surface area contributed by atoms with Crippen molar-refractivity contribution in [2.45, 2.75) is 38.4 Å². The van der Waals surface area contributed by atoms with E-state index in [1.165, 1.54) is 0 Å². The minimum absolute atomic E-state index is 0.0821. The highest BCUT2D eigenvalue weighted by atomic mass is 16.5. The van der Waals surface area contributed by atoms with Gasteiger partial charge in [0.2, 0.25) is 0 Å². The third kappa shape index (κ3) is 2.90. The van der Waals surface area contributed by atoms with Crippen molar-refractivity contribution in [1.29, 1.82) is 0 Å². The first-order valence-corrected chi connectivity index (χ1v) is 8.55. The largest absolute Gasteiger partial charge is 0.490 e. The molecule has 3 atom stereocenters. The van der Waals surface area contributed by atoms with Crippen molar-refractivity contribution in [3.05, 3.63) is 23.8 Å². The molecule has 0 aliphatic carbocycles. The summed E-state index contributed by atoms with van der Waals surface area (Å²) in [4.78, 5) is 14.8. The summed E-state index contributed by atoms with van der Waals surface area (Å²) in [5, 5.41) is 0. The van der Waals surface area contributed by atoms with Gasteiger partial charge in [0.15, 0.2) is 11.5 Å². The highest BCUT2D eigenvalue weighted by Crippen LogP contribution is 2.34. The van der Waals surface area contributed by atoms with E-state index in [0.717, 1.165) is 38.1 Å². The van der Waals surface area contributed by atoms with Crippen LogP contribution in [0.2, 0.25) is 0 Å². The first kappa shape index (κ1) is 14.8. The quantitative estimate of drug-likeness (QED) is 0.798. The minimum Gasteiger partial charge on any atom is -0.490 e. The smallest absolute Gasteiger partial charge is 0.254 e. The molecule has 1 aromatic carbocycles. The van der Waals surface area contributed by atoms with Gasteiger partial charge in [-0.05, 0) is 38.0 Å². The molecule has 2 fully saturated rings. The van der Waals surface area contributed by atoms with Gasteiger partial charge in [-0.25, -0.2) is 0 Å². The molecular formula is C18H23NO4. The molecule has 23 heavy (non-hydrogen) atoms. The Bertz CT molecular complexity index is 603. The van der Waals surface area contributed by atoms with E-state index in [9.17, 15) is 4.79 Å². The van der Waals surface area contributed by atoms with Crippen LogP contribution in [0.4, 0.5) is 0 Å². The van der Waals surface area contributed by atoms with Gasteiger partial charge in [0.25, 0.3) is 5.91 Å². The summed E-state index contributed by atoms with van der Waals surface area (Å²) in [5.74, 6) is 1.97. The van der Waals surface area contributed by atoms with Crippen molar-refractivity contribution in [3.8, 4) is 11.5 Å². The zero-order valence-corrected chi connectivity index (χ0v) is 13.5. The van der Waals surface area contributed by atoms with Crippen LogP contribution in [0.25, 0.3) is 0 Å². The molecule has 0 radical (unpaired) electrons. The second-order valence-corrected chi connectivity index (χ2v) is 6.73. The molecule has 1 amide bonds. The van der Waals surface area contributed by atoms with Gasteiger partial charge in [0.05, 0.1) is 25.4 Å². The lowest BCUT2D eigenvalue weighted by atomic mass is 9.92. The zero-order valence-electron chi connectivity index (χ0n) is 13.5. The zero-order chi connectivity index (χ0) is 15.8. The maximum absolute atomic E-state index is 12.8. The van der Waals surface area contributed by atoms with Crippen molar-refractivity contribution in [3.63, 3.8) is 0 Å². The standard InChI is InChI=1S/C18H23NO4/c1-12-9-14-11-19(6-5-15(14)23-12)18(20)13-3-4-16-17(10-13)22-8-2-7-21-16/h3-4,10,12,14-15H,2,5-9,11H2,1H3/t12-,14-,15+/m1/s1. The molecule has 124 valence electrons. The summed E-state index contributed by atoms with van der Waals surface area (Å²) in [5.41, 5.74) is 0.680. The van der Waals surface area contributed by atoms with Crippen molar-refractivity contribution in [2.75, 3.05) is 26.3 Å². The van der Waals surface area contributed by atoms with Crippen molar-refractivity contribution < 1.29 is 19.0 Å². The molecule has 2 saturated heterocycles. The van der Waals surface area contributed by atoms with E-state index >= 15 is 0 Å². The van der Waals surface area contributed by atoms with E-state index in [1.807, 2.05) is 23.1 Å². The molecule has 0 bridgehead atoms. The van der Waals surface area contributed by atoms with Gasteiger partial charge in [-0.2, -0.15) is 0 Å². The van der Waals surface area contributed by atoms with Gasteiger partial charge in [-0.15, -0.1) is 0 Å². The third-order valence-corrected chi connectivity index (χ3v) is 4.99. The van der Waals surface area contributed by atoms with E-state index in [-0.39, 0.29) is 5.91 Å². The average molecular weight is 317 g/mol. The molecule has 1 aromatic rings. The number of carbonyl (C=O) groups excluding carboxylic acids is 1. The summed E-state index contributed by atoms with van der Waals surface area (Å²) < 4.78 is 17.2. The summed E-state index contributed by atoms with van der Waals surface area (Å²) in [6.45, 7) is 4.97. The van der Waals surface area contributed by atoms with Gasteiger partial charge < -0.3 is 19.1 Å². The number of fused-ring (bicyclic) bond motifs is 2. The van der Waals surface area contributed by atoms with Crippen LogP contribution in [0.1, 0.15) is 36.5 Å². The van der Waals surface area contributed by atoms with Crippen LogP contribution in [-0.4, -0.2) is 49.3 Å². The van der Waals surface area contributed by atoms with Crippen LogP contribution >= 0.6 is 0 Å². The molecule has 3 aliphatic heterocycles. The fraction of sp³-hybridized carbons (Fsp3) is 0.611. The molecule has 0 N–H and O–H groups in total. The number of hydrogen-bond donors (Lipinski definition) is 0. The molecule has 0 spiro atoms. The SMILES string of the molecule is C[C@@H]1C[C@@H]2CN(C(=O)c3ccc4c(c3)OCCCO4)CC[C@@H]2O1. The highest BCUT2D eigenvalue weighted by Gasteiger charge is 2.38. The summed E-state index contributed by atoms with van der Waals surface area (Å²) >= 11 is 0. The number of rotatable bonds is 1. The number of carbonyl (C=O) groups is 1. The number of nitrogens with zero attached hydrogens (tertiary/aromatic N) is 1. The van der Waals surface area contributed by atoms with Crippen molar-refractivity contribution >= 4 is 5.91 Å². The summed E-state index contributed by atoms with van der Waals surface area (Å²) in [6, 6.07) is 5.51. The lowest BCUT2D eigenvalue weighted by molar-refractivity contribution is 0.00864. The number of benzene rings is 1. The van der Waals surface area contributed by atoms with Crippen LogP contribution < -0.4 is 9.47 Å². The van der Waals surface area contributed by atoms with Crippen molar-refractivity contribution in [1.82, 2.24) is 4.90 Å². The van der Waals surface area contributed by atoms with E-state index in [4.69, 9.17) is 14.2 Å². The molecular weight excluding hydrogens is 294 g/mol. The van der Waals surface area contributed by atoms with E-state index in [0.29, 0.717) is 42.7 Å². The van der Waals surface area contributed by atoms with Crippen LogP contribution in [-0.2, 0) is 4.74 Å². The Labute approximate surface area is 136 Å². The van der Waals surface area contributed by atoms with E-state index in [1.54, 1.807) is 0 Å². The highest BCUT2D eigenvalue weighted by molar-refractivity contribution is 5.95. The Morgan fingerprint density at radius 3 is 2.91 bits per heavy atom. The average Bonchev–Trinajstić information content (AvgIpc) is 2.78. The van der Waals surface area contributed by atoms with Crippen LogP contribution in [0.3, 0.4) is 0 Å². The number of ether oxygens (including phenoxy) is 3. The minimum atomic E-state index is 0.0821. The molecule has 0 saturated carbocycles. The second kappa shape index (κ2) is 6.04. The maximum Gasteiger partial charge on any atom is 0.254 e. The molecule has 5 heteroatoms. The fourth-order valence-electron chi connectivity index (χ4n) is 3.86. The first-order chi connectivity index (χ1) is 11.2. The number of likely N-dealkylation sites (tertiary alicyclic amines) is 1. The van der Waals surface area contributed by atoms with E-state index < -0.39 is 0 Å². The van der Waals surface area contributed by atoms with Gasteiger partial charge in [-0.3, -0.25) is 4.79 Å². The predicted molar refractivity (Wildman–Crippen MR) is 85.0 cm³/mol. The van der Waals surface area contributed by atoms with E-state index in [2.05, 4.69) is 6.92 Å². The Hall–Kier alpha value is -1.75. The maximum atomic E-state index is 12.8. The molecule has 0 unspecified atom stereocenters. The predicted octanol–water partition coefficient (Wildman–Crippen LogP) is 2.49. The number of hydrogen-bond acceptors (Lipinski definition) is 4. The van der Waals surface area contributed by atoms with Gasteiger partial charge >= 0.3 is 0 Å². The summed E-state index contributed by atoms with van der Waals surface area (Å²) in [7, 11) is 0. The summed E-state index contributed by atoms with van der Waals surface area (Å²) in [6.07, 6.45) is 3.50. The van der Waals surface area contributed by atoms with Gasteiger partial charge in [-0.1, -0.05) is 0 Å². The fourth-order valence-corrected chi connectivity index (χ4v) is 3.86. The molecule has 0 aromatic heterocycles. The number of amides is 1. The Kier molecular flexibility index (Phi) is 3.89. The van der Waals surface area contributed by atoms with Crippen LogP contribution in [0, 0.1) is 5.92 Å². The van der Waals surface area contributed by atoms with Gasteiger partial charge in [0.1, 0.15) is 0 Å². The lowest BCUT2D eigenvalue weighted by Gasteiger charge is -2.34. The normalized spacial score (nSPS) is 29.8. The molecule has 5 nitrogen and oxygen atoms in total. The molecule has 3 aliphatic rings. The Balaban J connectivity index is 1.50. The number of piperidine rings is 1. The van der Waals surface area contributed by atoms with Crippen LogP contribution in [0.5, 0.6) is 11.5 Å². The lowest BCUT2D eigenvalue weighted by Crippen LogP contribution is -2.44. The Morgan fingerprint density at radius 2 is 2.04 bits per heavy atom. The first-order valence-electron chi connectivity index (χ1n) is 8.55. The molecule has 3 heterocycles. The monoisotopic (exact) mass is 317 g/mol. The topological polar surface area (TPSA) is 48.0 Å². The Morgan fingerprint density at radius 1 is 1.22 bits per heavy atom. The van der Waals surface area contributed by atoms with Gasteiger partial charge in [0, 0.05) is 31.0 Å².